The van der Waals surface area contributed by atoms with E-state index in [2.05, 4.69) is 62.4 Å². The summed E-state index contributed by atoms with van der Waals surface area (Å²) in [6.45, 7) is 8.39. The molecule has 25 heavy (non-hydrogen) atoms. The molecular weight excluding hydrogens is 347 g/mol. The molecule has 0 nitrogen and oxygen atoms in total. The minimum atomic E-state index is 0.810. The van der Waals surface area contributed by atoms with Crippen LogP contribution in [-0.2, 0) is 6.42 Å². The van der Waals surface area contributed by atoms with E-state index < -0.39 is 0 Å². The van der Waals surface area contributed by atoms with Gasteiger partial charge < -0.3 is 0 Å². The van der Waals surface area contributed by atoms with Crippen LogP contribution in [0, 0.1) is 27.7 Å². The summed E-state index contributed by atoms with van der Waals surface area (Å²) in [7, 11) is 0. The van der Waals surface area contributed by atoms with Gasteiger partial charge in [-0.2, -0.15) is 0 Å². The Hall–Kier alpha value is -1.76. The summed E-state index contributed by atoms with van der Waals surface area (Å²) >= 11 is 12.6. The third kappa shape index (κ3) is 3.92. The fraction of sp³-hybridized carbons (Fsp3) is 0.217. The van der Waals surface area contributed by atoms with E-state index in [0.29, 0.717) is 0 Å². The Morgan fingerprint density at radius 1 is 0.720 bits per heavy atom. The highest BCUT2D eigenvalue weighted by atomic mass is 35.5. The van der Waals surface area contributed by atoms with E-state index in [1.807, 2.05) is 13.8 Å². The first-order valence-corrected chi connectivity index (χ1v) is 9.22. The van der Waals surface area contributed by atoms with E-state index in [4.69, 9.17) is 23.2 Å². The average molecular weight is 369 g/mol. The van der Waals surface area contributed by atoms with Crippen LogP contribution in [0.4, 0.5) is 0 Å². The smallest absolute Gasteiger partial charge is 0.0441 e. The molecule has 0 unspecified atom stereocenters. The summed E-state index contributed by atoms with van der Waals surface area (Å²) in [6, 6.07) is 17.1. The van der Waals surface area contributed by atoms with Gasteiger partial charge in [0.25, 0.3) is 0 Å². The Morgan fingerprint density at radius 3 is 2.00 bits per heavy atom. The fourth-order valence-electron chi connectivity index (χ4n) is 3.14. The highest BCUT2D eigenvalue weighted by Crippen LogP contribution is 2.31. The quantitative estimate of drug-likeness (QED) is 0.449. The van der Waals surface area contributed by atoms with Crippen molar-refractivity contribution in [3.8, 4) is 11.1 Å². The van der Waals surface area contributed by atoms with Crippen molar-refractivity contribution in [1.29, 1.82) is 0 Å². The van der Waals surface area contributed by atoms with Gasteiger partial charge >= 0.3 is 0 Å². The first-order chi connectivity index (χ1) is 11.8. The second-order valence-electron chi connectivity index (χ2n) is 6.82. The second kappa shape index (κ2) is 7.23. The Labute approximate surface area is 160 Å². The number of benzene rings is 3. The zero-order chi connectivity index (χ0) is 18.1. The van der Waals surface area contributed by atoms with E-state index in [0.717, 1.165) is 27.6 Å². The summed E-state index contributed by atoms with van der Waals surface area (Å²) in [6.07, 6.45) is 0.875. The molecular formula is C23H22Cl2. The molecule has 0 aliphatic heterocycles. The molecule has 0 aliphatic carbocycles. The summed E-state index contributed by atoms with van der Waals surface area (Å²) in [5.41, 5.74) is 9.73. The lowest BCUT2D eigenvalue weighted by Crippen LogP contribution is -1.97. The van der Waals surface area contributed by atoms with Gasteiger partial charge in [0.05, 0.1) is 0 Å². The minimum Gasteiger partial charge on any atom is -0.0840 e. The van der Waals surface area contributed by atoms with Crippen molar-refractivity contribution in [2.45, 2.75) is 34.1 Å². The van der Waals surface area contributed by atoms with Crippen molar-refractivity contribution in [3.63, 3.8) is 0 Å². The normalized spacial score (nSPS) is 11.0. The van der Waals surface area contributed by atoms with Gasteiger partial charge in [0.15, 0.2) is 0 Å². The van der Waals surface area contributed by atoms with Crippen molar-refractivity contribution in [2.75, 3.05) is 0 Å². The summed E-state index contributed by atoms with van der Waals surface area (Å²) < 4.78 is 0. The molecule has 0 aromatic heterocycles. The van der Waals surface area contributed by atoms with Crippen molar-refractivity contribution in [2.24, 2.45) is 0 Å². The predicted molar refractivity (Wildman–Crippen MR) is 110 cm³/mol. The monoisotopic (exact) mass is 368 g/mol. The SMILES string of the molecule is Cc1cc(Cc2ccc(C)c(Cl)c2)c(C)c(-c2ccc(C)c(Cl)c2)c1. The molecule has 3 aromatic rings. The Balaban J connectivity index is 2.05. The van der Waals surface area contributed by atoms with Gasteiger partial charge in [0.2, 0.25) is 0 Å². The van der Waals surface area contributed by atoms with Crippen LogP contribution in [0.5, 0.6) is 0 Å². The van der Waals surface area contributed by atoms with Crippen molar-refractivity contribution < 1.29 is 0 Å². The van der Waals surface area contributed by atoms with Gasteiger partial charge in [-0.15, -0.1) is 0 Å². The third-order valence-electron chi connectivity index (χ3n) is 4.77. The van der Waals surface area contributed by atoms with Gasteiger partial charge in [-0.3, -0.25) is 0 Å². The predicted octanol–water partition coefficient (Wildman–Crippen LogP) is 7.48. The fourth-order valence-corrected chi connectivity index (χ4v) is 3.53. The Kier molecular flexibility index (Phi) is 5.22. The Morgan fingerprint density at radius 2 is 1.36 bits per heavy atom. The first kappa shape index (κ1) is 18.0. The first-order valence-electron chi connectivity index (χ1n) is 8.47. The number of hydrogen-bond acceptors (Lipinski definition) is 0. The molecule has 0 heterocycles. The highest BCUT2D eigenvalue weighted by Gasteiger charge is 2.10. The van der Waals surface area contributed by atoms with E-state index in [-0.39, 0.29) is 0 Å². The topological polar surface area (TPSA) is 0 Å². The van der Waals surface area contributed by atoms with Crippen LogP contribution in [0.15, 0.2) is 48.5 Å². The molecule has 0 saturated heterocycles. The molecule has 0 bridgehead atoms. The zero-order valence-electron chi connectivity index (χ0n) is 15.1. The van der Waals surface area contributed by atoms with Crippen LogP contribution < -0.4 is 0 Å². The minimum absolute atomic E-state index is 0.810. The van der Waals surface area contributed by atoms with Crippen LogP contribution in [0.25, 0.3) is 11.1 Å². The summed E-state index contributed by atoms with van der Waals surface area (Å²) in [5.74, 6) is 0. The third-order valence-corrected chi connectivity index (χ3v) is 5.59. The number of rotatable bonds is 3. The van der Waals surface area contributed by atoms with Gasteiger partial charge in [-0.05, 0) is 85.2 Å². The van der Waals surface area contributed by atoms with Gasteiger partial charge in [0, 0.05) is 10.0 Å². The van der Waals surface area contributed by atoms with E-state index in [1.54, 1.807) is 0 Å². The van der Waals surface area contributed by atoms with Crippen LogP contribution >= 0.6 is 23.2 Å². The summed E-state index contributed by atoms with van der Waals surface area (Å²) in [4.78, 5) is 0. The molecule has 128 valence electrons. The number of halogens is 2. The van der Waals surface area contributed by atoms with Crippen LogP contribution in [0.3, 0.4) is 0 Å². The van der Waals surface area contributed by atoms with Crippen LogP contribution in [0.2, 0.25) is 10.0 Å². The average Bonchev–Trinajstić information content (AvgIpc) is 2.56. The summed E-state index contributed by atoms with van der Waals surface area (Å²) in [5, 5.41) is 1.64. The van der Waals surface area contributed by atoms with Crippen LogP contribution in [0.1, 0.15) is 33.4 Å². The molecule has 3 aromatic carbocycles. The molecule has 0 saturated carbocycles. The molecule has 0 radical (unpaired) electrons. The molecule has 0 amide bonds. The molecule has 0 aliphatic rings. The van der Waals surface area contributed by atoms with Gasteiger partial charge in [0.1, 0.15) is 0 Å². The molecule has 2 heteroatoms. The zero-order valence-corrected chi connectivity index (χ0v) is 16.6. The maximum Gasteiger partial charge on any atom is 0.0441 e. The molecule has 0 spiro atoms. The molecule has 0 N–H and O–H groups in total. The Bertz CT molecular complexity index is 939. The van der Waals surface area contributed by atoms with E-state index >= 15 is 0 Å². The molecule has 0 atom stereocenters. The van der Waals surface area contributed by atoms with E-state index in [9.17, 15) is 0 Å². The lowest BCUT2D eigenvalue weighted by molar-refractivity contribution is 1.14. The molecule has 0 fully saturated rings. The van der Waals surface area contributed by atoms with Gasteiger partial charge in [-0.25, -0.2) is 0 Å². The second-order valence-corrected chi connectivity index (χ2v) is 7.64. The van der Waals surface area contributed by atoms with Gasteiger partial charge in [-0.1, -0.05) is 65.2 Å². The van der Waals surface area contributed by atoms with Crippen molar-refractivity contribution in [1.82, 2.24) is 0 Å². The van der Waals surface area contributed by atoms with Crippen LogP contribution in [-0.4, -0.2) is 0 Å². The molecule has 3 rings (SSSR count). The maximum atomic E-state index is 6.34. The lowest BCUT2D eigenvalue weighted by Gasteiger charge is -2.15. The number of aryl methyl sites for hydroxylation is 3. The largest absolute Gasteiger partial charge is 0.0840 e. The lowest BCUT2D eigenvalue weighted by atomic mass is 9.90. The van der Waals surface area contributed by atoms with Crippen molar-refractivity contribution >= 4 is 23.2 Å². The highest BCUT2D eigenvalue weighted by molar-refractivity contribution is 6.31. The van der Waals surface area contributed by atoms with Crippen molar-refractivity contribution in [3.05, 3.63) is 92.0 Å². The van der Waals surface area contributed by atoms with E-state index in [1.165, 1.54) is 33.4 Å². The standard InChI is InChI=1S/C23H22Cl2/c1-14-9-20(11-18-7-5-15(2)22(24)12-18)17(4)21(10-14)19-8-6-16(3)23(25)13-19/h5-10,12-13H,11H2,1-4H3. The maximum absolute atomic E-state index is 6.34. The number of hydrogen-bond donors (Lipinski definition) is 0.